The van der Waals surface area contributed by atoms with Gasteiger partial charge in [0.1, 0.15) is 0 Å². The molecule has 0 heterocycles. The number of rotatable bonds is 5. The fraction of sp³-hybridized carbons (Fsp3) is 0.235. The fourth-order valence-electron chi connectivity index (χ4n) is 2.04. The van der Waals surface area contributed by atoms with E-state index >= 15 is 0 Å². The van der Waals surface area contributed by atoms with Crippen molar-refractivity contribution in [1.29, 1.82) is 0 Å². The second-order valence-electron chi connectivity index (χ2n) is 4.61. The summed E-state index contributed by atoms with van der Waals surface area (Å²) in [5, 5.41) is 3.30. The molecule has 20 heavy (non-hydrogen) atoms. The summed E-state index contributed by atoms with van der Waals surface area (Å²) in [5.74, 6) is -0.292. The van der Waals surface area contributed by atoms with Crippen molar-refractivity contribution < 1.29 is 9.53 Å². The molecular weight excluding hydrogens is 250 g/mol. The van der Waals surface area contributed by atoms with Gasteiger partial charge < -0.3 is 10.1 Å². The number of esters is 1. The zero-order valence-corrected chi connectivity index (χ0v) is 11.8. The molecule has 104 valence electrons. The molecule has 0 atom stereocenters. The van der Waals surface area contributed by atoms with Gasteiger partial charge in [-0.1, -0.05) is 42.0 Å². The molecule has 0 unspecified atom stereocenters. The summed E-state index contributed by atoms with van der Waals surface area (Å²) in [7, 11) is 0. The first-order valence-corrected chi connectivity index (χ1v) is 6.76. The van der Waals surface area contributed by atoms with Crippen LogP contribution < -0.4 is 5.32 Å². The van der Waals surface area contributed by atoms with E-state index in [9.17, 15) is 4.79 Å². The van der Waals surface area contributed by atoms with Crippen LogP contribution in [-0.4, -0.2) is 12.6 Å². The van der Waals surface area contributed by atoms with Gasteiger partial charge in [-0.05, 0) is 31.5 Å². The third-order valence-corrected chi connectivity index (χ3v) is 2.99. The second-order valence-corrected chi connectivity index (χ2v) is 4.61. The Kier molecular flexibility index (Phi) is 4.77. The zero-order valence-electron chi connectivity index (χ0n) is 11.8. The molecule has 1 N–H and O–H groups in total. The van der Waals surface area contributed by atoms with Crippen LogP contribution in [0.15, 0.2) is 48.5 Å². The van der Waals surface area contributed by atoms with Gasteiger partial charge in [-0.3, -0.25) is 0 Å². The normalized spacial score (nSPS) is 10.1. The second kappa shape index (κ2) is 6.75. The monoisotopic (exact) mass is 269 g/mol. The zero-order chi connectivity index (χ0) is 14.4. The van der Waals surface area contributed by atoms with Crippen molar-refractivity contribution in [3.05, 3.63) is 65.2 Å². The Labute approximate surface area is 119 Å². The van der Waals surface area contributed by atoms with Gasteiger partial charge in [0, 0.05) is 12.2 Å². The first-order valence-electron chi connectivity index (χ1n) is 6.76. The molecule has 0 aromatic heterocycles. The van der Waals surface area contributed by atoms with Crippen LogP contribution in [-0.2, 0) is 11.3 Å². The molecule has 3 heteroatoms. The number of nitrogens with one attached hydrogen (secondary N) is 1. The number of carbonyl (C=O) groups is 1. The lowest BCUT2D eigenvalue weighted by Gasteiger charge is -2.11. The highest BCUT2D eigenvalue weighted by Crippen LogP contribution is 2.17. The average Bonchev–Trinajstić information content (AvgIpc) is 2.46. The third kappa shape index (κ3) is 3.60. The minimum Gasteiger partial charge on any atom is -0.462 e. The summed E-state index contributed by atoms with van der Waals surface area (Å²) in [6.45, 7) is 4.93. The van der Waals surface area contributed by atoms with Crippen LogP contribution in [0.3, 0.4) is 0 Å². The van der Waals surface area contributed by atoms with Gasteiger partial charge in [0.15, 0.2) is 0 Å². The third-order valence-electron chi connectivity index (χ3n) is 2.99. The Hall–Kier alpha value is -2.29. The van der Waals surface area contributed by atoms with Crippen LogP contribution in [0.5, 0.6) is 0 Å². The van der Waals surface area contributed by atoms with E-state index in [4.69, 9.17) is 4.74 Å². The molecule has 3 nitrogen and oxygen atoms in total. The molecule has 2 rings (SSSR count). The molecule has 0 saturated carbocycles. The Bertz CT molecular complexity index is 593. The topological polar surface area (TPSA) is 38.3 Å². The van der Waals surface area contributed by atoms with Crippen LogP contribution in [0.25, 0.3) is 0 Å². The van der Waals surface area contributed by atoms with Crippen molar-refractivity contribution >= 4 is 11.7 Å². The number of ether oxygens (including phenoxy) is 1. The van der Waals surface area contributed by atoms with Crippen molar-refractivity contribution in [2.75, 3.05) is 11.9 Å². The fourth-order valence-corrected chi connectivity index (χ4v) is 2.04. The van der Waals surface area contributed by atoms with E-state index in [-0.39, 0.29) is 5.97 Å². The Morgan fingerprint density at radius 1 is 1.15 bits per heavy atom. The number of carbonyl (C=O) groups excluding carboxylic acids is 1. The summed E-state index contributed by atoms with van der Waals surface area (Å²) in [6, 6.07) is 15.7. The predicted molar refractivity (Wildman–Crippen MR) is 80.9 cm³/mol. The molecule has 2 aromatic carbocycles. The number of benzene rings is 2. The van der Waals surface area contributed by atoms with E-state index in [2.05, 4.69) is 30.4 Å². The number of hydrogen-bond acceptors (Lipinski definition) is 3. The number of hydrogen-bond donors (Lipinski definition) is 1. The molecule has 0 amide bonds. The standard InChI is InChI=1S/C17H19NO2/c1-3-20-17(19)15-9-4-5-10-16(15)18-12-14-8-6-7-13(2)11-14/h4-11,18H,3,12H2,1-2H3. The Balaban J connectivity index is 2.11. The van der Waals surface area contributed by atoms with Gasteiger partial charge in [-0.15, -0.1) is 0 Å². The van der Waals surface area contributed by atoms with Gasteiger partial charge in [0.05, 0.1) is 12.2 Å². The number of anilines is 1. The van der Waals surface area contributed by atoms with Gasteiger partial charge >= 0.3 is 5.97 Å². The molecule has 0 saturated heterocycles. The summed E-state index contributed by atoms with van der Waals surface area (Å²) in [5.41, 5.74) is 3.78. The van der Waals surface area contributed by atoms with Gasteiger partial charge in [-0.25, -0.2) is 4.79 Å². The molecular formula is C17H19NO2. The molecule has 0 spiro atoms. The Morgan fingerprint density at radius 2 is 1.95 bits per heavy atom. The van der Waals surface area contributed by atoms with E-state index in [1.165, 1.54) is 11.1 Å². The van der Waals surface area contributed by atoms with E-state index in [0.29, 0.717) is 18.7 Å². The first-order chi connectivity index (χ1) is 9.70. The molecule has 0 radical (unpaired) electrons. The van der Waals surface area contributed by atoms with E-state index in [0.717, 1.165) is 5.69 Å². The van der Waals surface area contributed by atoms with Crippen LogP contribution >= 0.6 is 0 Å². The van der Waals surface area contributed by atoms with Crippen molar-refractivity contribution in [2.24, 2.45) is 0 Å². The number of para-hydroxylation sites is 1. The van der Waals surface area contributed by atoms with Crippen molar-refractivity contribution in [2.45, 2.75) is 20.4 Å². The number of aryl methyl sites for hydroxylation is 1. The van der Waals surface area contributed by atoms with Crippen molar-refractivity contribution in [3.63, 3.8) is 0 Å². The largest absolute Gasteiger partial charge is 0.462 e. The van der Waals surface area contributed by atoms with Gasteiger partial charge in [-0.2, -0.15) is 0 Å². The SMILES string of the molecule is CCOC(=O)c1ccccc1NCc1cccc(C)c1. The molecule has 0 fully saturated rings. The van der Waals surface area contributed by atoms with Crippen LogP contribution in [0.4, 0.5) is 5.69 Å². The summed E-state index contributed by atoms with van der Waals surface area (Å²) in [6.07, 6.45) is 0. The lowest BCUT2D eigenvalue weighted by atomic mass is 10.1. The Morgan fingerprint density at radius 3 is 2.70 bits per heavy atom. The lowest BCUT2D eigenvalue weighted by molar-refractivity contribution is 0.0527. The van der Waals surface area contributed by atoms with Crippen LogP contribution in [0.1, 0.15) is 28.4 Å². The highest BCUT2D eigenvalue weighted by Gasteiger charge is 2.11. The molecule has 0 aliphatic heterocycles. The molecule has 0 bridgehead atoms. The summed E-state index contributed by atoms with van der Waals surface area (Å²) < 4.78 is 5.06. The van der Waals surface area contributed by atoms with Gasteiger partial charge in [0.2, 0.25) is 0 Å². The maximum Gasteiger partial charge on any atom is 0.340 e. The highest BCUT2D eigenvalue weighted by molar-refractivity contribution is 5.95. The predicted octanol–water partition coefficient (Wildman–Crippen LogP) is 3.78. The van der Waals surface area contributed by atoms with Crippen LogP contribution in [0, 0.1) is 6.92 Å². The van der Waals surface area contributed by atoms with Crippen molar-refractivity contribution in [1.82, 2.24) is 0 Å². The average molecular weight is 269 g/mol. The van der Waals surface area contributed by atoms with Crippen molar-refractivity contribution in [3.8, 4) is 0 Å². The molecule has 0 aliphatic carbocycles. The minimum absolute atomic E-state index is 0.292. The van der Waals surface area contributed by atoms with E-state index < -0.39 is 0 Å². The van der Waals surface area contributed by atoms with E-state index in [1.807, 2.05) is 24.3 Å². The summed E-state index contributed by atoms with van der Waals surface area (Å²) in [4.78, 5) is 11.9. The van der Waals surface area contributed by atoms with E-state index in [1.54, 1.807) is 13.0 Å². The first kappa shape index (κ1) is 14.1. The highest BCUT2D eigenvalue weighted by atomic mass is 16.5. The molecule has 0 aliphatic rings. The maximum atomic E-state index is 11.9. The lowest BCUT2D eigenvalue weighted by Crippen LogP contribution is -2.09. The quantitative estimate of drug-likeness (QED) is 0.839. The van der Waals surface area contributed by atoms with Gasteiger partial charge in [0.25, 0.3) is 0 Å². The summed E-state index contributed by atoms with van der Waals surface area (Å²) >= 11 is 0. The van der Waals surface area contributed by atoms with Crippen LogP contribution in [0.2, 0.25) is 0 Å². The maximum absolute atomic E-state index is 11.9. The smallest absolute Gasteiger partial charge is 0.340 e. The molecule has 2 aromatic rings. The minimum atomic E-state index is -0.292.